The Morgan fingerprint density at radius 1 is 0.966 bits per heavy atom. The number of rotatable bonds is 8. The smallest absolute Gasteiger partial charge is 0.308 e. The van der Waals surface area contributed by atoms with Gasteiger partial charge in [0.2, 0.25) is 0 Å². The molecule has 0 aromatic heterocycles. The molecule has 2 aromatic rings. The molecule has 8 nitrogen and oxygen atoms in total. The summed E-state index contributed by atoms with van der Waals surface area (Å²) < 4.78 is 4.88. The molecule has 0 saturated carbocycles. The van der Waals surface area contributed by atoms with Crippen molar-refractivity contribution in [1.29, 1.82) is 0 Å². The number of amides is 3. The zero-order chi connectivity index (χ0) is 21.2. The highest BCUT2D eigenvalue weighted by atomic mass is 35.5. The van der Waals surface area contributed by atoms with E-state index >= 15 is 0 Å². The van der Waals surface area contributed by atoms with Crippen LogP contribution in [-0.4, -0.2) is 43.9 Å². The quantitative estimate of drug-likeness (QED) is 0.568. The summed E-state index contributed by atoms with van der Waals surface area (Å²) in [6.45, 7) is -0.412. The number of hydrogen-bond acceptors (Lipinski definition) is 5. The minimum Gasteiger partial charge on any atom is -0.456 e. The molecule has 9 heteroatoms. The maximum atomic E-state index is 11.9. The molecular weight excluding hydrogens is 398 g/mol. The lowest BCUT2D eigenvalue weighted by molar-refractivity contribution is -0.147. The van der Waals surface area contributed by atoms with Crippen LogP contribution in [0.25, 0.3) is 0 Å². The van der Waals surface area contributed by atoms with Crippen molar-refractivity contribution >= 4 is 41.0 Å². The van der Waals surface area contributed by atoms with E-state index in [4.69, 9.17) is 16.3 Å². The first kappa shape index (κ1) is 21.9. The van der Waals surface area contributed by atoms with E-state index in [1.807, 2.05) is 0 Å². The zero-order valence-corrected chi connectivity index (χ0v) is 16.4. The fourth-order valence-corrected chi connectivity index (χ4v) is 2.41. The summed E-state index contributed by atoms with van der Waals surface area (Å²) in [5.74, 6) is -1.80. The molecule has 0 spiro atoms. The Labute approximate surface area is 172 Å². The van der Waals surface area contributed by atoms with Crippen LogP contribution in [0.15, 0.2) is 48.5 Å². The standard InChI is InChI=1S/C20H20ClN3O5/c1-22-19(27)14-3-2-4-16(11-14)24-17(25)12-29-18(26)9-10-23-20(28)13-5-7-15(21)8-6-13/h2-8,11H,9-10,12H2,1H3,(H,22,27)(H,23,28)(H,24,25). The zero-order valence-electron chi connectivity index (χ0n) is 15.7. The van der Waals surface area contributed by atoms with Gasteiger partial charge in [0.25, 0.3) is 17.7 Å². The number of anilines is 1. The molecule has 0 unspecified atom stereocenters. The Balaban J connectivity index is 1.70. The van der Waals surface area contributed by atoms with Crippen molar-refractivity contribution in [3.8, 4) is 0 Å². The number of halogens is 1. The third-order valence-electron chi connectivity index (χ3n) is 3.72. The van der Waals surface area contributed by atoms with Crippen LogP contribution in [0.3, 0.4) is 0 Å². The van der Waals surface area contributed by atoms with E-state index in [1.54, 1.807) is 42.5 Å². The predicted molar refractivity (Wildman–Crippen MR) is 108 cm³/mol. The number of benzene rings is 2. The number of esters is 1. The number of hydrogen-bond donors (Lipinski definition) is 3. The maximum absolute atomic E-state index is 11.9. The molecule has 0 aliphatic rings. The van der Waals surface area contributed by atoms with Gasteiger partial charge in [-0.05, 0) is 42.5 Å². The molecule has 0 fully saturated rings. The number of nitrogens with one attached hydrogen (secondary N) is 3. The van der Waals surface area contributed by atoms with Gasteiger partial charge < -0.3 is 20.7 Å². The van der Waals surface area contributed by atoms with Gasteiger partial charge in [-0.1, -0.05) is 17.7 Å². The van der Waals surface area contributed by atoms with Gasteiger partial charge >= 0.3 is 5.97 Å². The minimum absolute atomic E-state index is 0.0656. The summed E-state index contributed by atoms with van der Waals surface area (Å²) in [4.78, 5) is 47.1. The van der Waals surface area contributed by atoms with Crippen molar-refractivity contribution in [1.82, 2.24) is 10.6 Å². The van der Waals surface area contributed by atoms with Crippen LogP contribution < -0.4 is 16.0 Å². The molecule has 2 rings (SSSR count). The Morgan fingerprint density at radius 3 is 2.38 bits per heavy atom. The molecule has 3 amide bonds. The lowest BCUT2D eigenvalue weighted by Gasteiger charge is -2.08. The third kappa shape index (κ3) is 7.27. The summed E-state index contributed by atoms with van der Waals surface area (Å²) in [5, 5.41) is 8.12. The Hall–Kier alpha value is -3.39. The van der Waals surface area contributed by atoms with Crippen LogP contribution in [0.4, 0.5) is 5.69 Å². The van der Waals surface area contributed by atoms with E-state index in [0.717, 1.165) is 0 Å². The second-order valence-electron chi connectivity index (χ2n) is 5.88. The Morgan fingerprint density at radius 2 is 1.69 bits per heavy atom. The highest BCUT2D eigenvalue weighted by molar-refractivity contribution is 6.30. The van der Waals surface area contributed by atoms with E-state index in [2.05, 4.69) is 16.0 Å². The number of carbonyl (C=O) groups is 4. The van der Waals surface area contributed by atoms with Crippen LogP contribution in [-0.2, 0) is 14.3 Å². The fraction of sp³-hybridized carbons (Fsp3) is 0.200. The van der Waals surface area contributed by atoms with Gasteiger partial charge in [-0.25, -0.2) is 0 Å². The van der Waals surface area contributed by atoms with Crippen LogP contribution in [0.2, 0.25) is 5.02 Å². The van der Waals surface area contributed by atoms with Crippen molar-refractivity contribution < 1.29 is 23.9 Å². The largest absolute Gasteiger partial charge is 0.456 e. The lowest BCUT2D eigenvalue weighted by Crippen LogP contribution is -2.27. The Bertz CT molecular complexity index is 899. The second kappa shape index (κ2) is 10.8. The summed E-state index contributed by atoms with van der Waals surface area (Å²) in [5.41, 5.74) is 1.21. The van der Waals surface area contributed by atoms with Crippen LogP contribution >= 0.6 is 11.6 Å². The molecule has 29 heavy (non-hydrogen) atoms. The molecule has 0 saturated heterocycles. The molecule has 3 N–H and O–H groups in total. The molecule has 152 valence electrons. The molecular formula is C20H20ClN3O5. The second-order valence-corrected chi connectivity index (χ2v) is 6.32. The van der Waals surface area contributed by atoms with Crippen LogP contribution in [0.5, 0.6) is 0 Å². The van der Waals surface area contributed by atoms with E-state index in [1.165, 1.54) is 13.1 Å². The highest BCUT2D eigenvalue weighted by Crippen LogP contribution is 2.11. The minimum atomic E-state index is -0.629. The summed E-state index contributed by atoms with van der Waals surface area (Å²) in [7, 11) is 1.50. The molecule has 0 atom stereocenters. The van der Waals surface area contributed by atoms with Crippen molar-refractivity contribution in [3.05, 3.63) is 64.7 Å². The first-order valence-electron chi connectivity index (χ1n) is 8.70. The SMILES string of the molecule is CNC(=O)c1cccc(NC(=O)COC(=O)CCNC(=O)c2ccc(Cl)cc2)c1. The van der Waals surface area contributed by atoms with Crippen LogP contribution in [0.1, 0.15) is 27.1 Å². The highest BCUT2D eigenvalue weighted by Gasteiger charge is 2.11. The molecule has 0 aliphatic carbocycles. The van der Waals surface area contributed by atoms with E-state index in [9.17, 15) is 19.2 Å². The lowest BCUT2D eigenvalue weighted by atomic mass is 10.2. The van der Waals surface area contributed by atoms with Crippen molar-refractivity contribution in [2.24, 2.45) is 0 Å². The fourth-order valence-electron chi connectivity index (χ4n) is 2.28. The average molecular weight is 418 g/mol. The maximum Gasteiger partial charge on any atom is 0.308 e. The predicted octanol–water partition coefficient (Wildman–Crippen LogP) is 2.00. The van der Waals surface area contributed by atoms with Gasteiger partial charge in [0, 0.05) is 35.4 Å². The molecule has 0 heterocycles. The molecule has 0 aliphatic heterocycles. The van der Waals surface area contributed by atoms with Crippen LogP contribution in [0, 0.1) is 0 Å². The van der Waals surface area contributed by atoms with Gasteiger partial charge in [-0.15, -0.1) is 0 Å². The monoisotopic (exact) mass is 417 g/mol. The average Bonchev–Trinajstić information content (AvgIpc) is 2.72. The first-order chi connectivity index (χ1) is 13.9. The van der Waals surface area contributed by atoms with E-state index < -0.39 is 18.5 Å². The van der Waals surface area contributed by atoms with Crippen molar-refractivity contribution in [2.45, 2.75) is 6.42 Å². The van der Waals surface area contributed by atoms with E-state index in [-0.39, 0.29) is 24.8 Å². The van der Waals surface area contributed by atoms with Gasteiger partial charge in [0.05, 0.1) is 6.42 Å². The number of ether oxygens (including phenoxy) is 1. The summed E-state index contributed by atoms with van der Waals surface area (Å²) >= 11 is 5.76. The van der Waals surface area contributed by atoms with Crippen molar-refractivity contribution in [2.75, 3.05) is 25.5 Å². The topological polar surface area (TPSA) is 114 Å². The van der Waals surface area contributed by atoms with Gasteiger partial charge in [0.15, 0.2) is 6.61 Å². The molecule has 2 aromatic carbocycles. The molecule has 0 bridgehead atoms. The van der Waals surface area contributed by atoms with Gasteiger partial charge in [-0.3, -0.25) is 19.2 Å². The Kier molecular flexibility index (Phi) is 8.17. The van der Waals surface area contributed by atoms with Gasteiger partial charge in [0.1, 0.15) is 0 Å². The van der Waals surface area contributed by atoms with E-state index in [0.29, 0.717) is 21.8 Å². The van der Waals surface area contributed by atoms with Crippen molar-refractivity contribution in [3.63, 3.8) is 0 Å². The summed E-state index contributed by atoms with van der Waals surface area (Å²) in [6.07, 6.45) is -0.0846. The number of carbonyl (C=O) groups excluding carboxylic acids is 4. The normalized spacial score (nSPS) is 10.0. The first-order valence-corrected chi connectivity index (χ1v) is 9.08. The summed E-state index contributed by atoms with van der Waals surface area (Å²) in [6, 6.07) is 12.7. The van der Waals surface area contributed by atoms with Gasteiger partial charge in [-0.2, -0.15) is 0 Å². The third-order valence-corrected chi connectivity index (χ3v) is 3.97. The molecule has 0 radical (unpaired) electrons.